The summed E-state index contributed by atoms with van der Waals surface area (Å²) in [4.78, 5) is 34.6. The number of benzene rings is 2. The Kier molecular flexibility index (Phi) is 6.16. The van der Waals surface area contributed by atoms with E-state index in [4.69, 9.17) is 4.42 Å². The van der Waals surface area contributed by atoms with Gasteiger partial charge in [0.25, 0.3) is 5.91 Å². The van der Waals surface area contributed by atoms with E-state index >= 15 is 0 Å². The number of nitrogens with zero attached hydrogens (tertiary/aromatic N) is 3. The zero-order valence-corrected chi connectivity index (χ0v) is 19.2. The summed E-state index contributed by atoms with van der Waals surface area (Å²) in [7, 11) is 0. The molecule has 0 spiro atoms. The molecule has 1 atom stereocenters. The molecule has 0 bridgehead atoms. The Morgan fingerprint density at radius 3 is 2.39 bits per heavy atom. The monoisotopic (exact) mass is 445 g/mol. The Balaban J connectivity index is 1.23. The van der Waals surface area contributed by atoms with E-state index in [9.17, 15) is 9.59 Å². The highest BCUT2D eigenvalue weighted by atomic mass is 16.3. The predicted octanol–water partition coefficient (Wildman–Crippen LogP) is 5.00. The van der Waals surface area contributed by atoms with Crippen LogP contribution < -0.4 is 0 Å². The third-order valence-corrected chi connectivity index (χ3v) is 7.25. The molecular weight excluding hydrogens is 414 g/mol. The molecule has 1 aromatic heterocycles. The maximum atomic E-state index is 13.2. The number of aromatic nitrogens is 1. The molecule has 0 aliphatic carbocycles. The smallest absolute Gasteiger partial charge is 0.253 e. The van der Waals surface area contributed by atoms with E-state index in [0.717, 1.165) is 44.3 Å². The maximum Gasteiger partial charge on any atom is 0.253 e. The summed E-state index contributed by atoms with van der Waals surface area (Å²) in [6.45, 7) is 5.25. The van der Waals surface area contributed by atoms with Crippen molar-refractivity contribution in [3.8, 4) is 11.5 Å². The van der Waals surface area contributed by atoms with Gasteiger partial charge >= 0.3 is 0 Å². The second-order valence-corrected chi connectivity index (χ2v) is 9.37. The SMILES string of the molecule is CC(C(=O)N1CCCCC1)C1CCN(C(=O)c2ccc3oc(-c4ccccc4)nc3c2)CC1. The molecule has 2 saturated heterocycles. The van der Waals surface area contributed by atoms with Crippen LogP contribution in [0.2, 0.25) is 0 Å². The number of carbonyl (C=O) groups excluding carboxylic acids is 2. The number of hydrogen-bond donors (Lipinski definition) is 0. The number of piperidine rings is 2. The van der Waals surface area contributed by atoms with E-state index in [2.05, 4.69) is 11.9 Å². The number of fused-ring (bicyclic) bond motifs is 1. The lowest BCUT2D eigenvalue weighted by molar-refractivity contribution is -0.138. The van der Waals surface area contributed by atoms with Crippen molar-refractivity contribution in [2.45, 2.75) is 39.0 Å². The van der Waals surface area contributed by atoms with Crippen molar-refractivity contribution in [1.29, 1.82) is 0 Å². The molecule has 0 N–H and O–H groups in total. The van der Waals surface area contributed by atoms with Crippen LogP contribution in [0, 0.1) is 11.8 Å². The number of hydrogen-bond acceptors (Lipinski definition) is 4. The Hall–Kier alpha value is -3.15. The summed E-state index contributed by atoms with van der Waals surface area (Å²) < 4.78 is 5.88. The van der Waals surface area contributed by atoms with Crippen LogP contribution in [0.25, 0.3) is 22.6 Å². The summed E-state index contributed by atoms with van der Waals surface area (Å²) in [6.07, 6.45) is 5.21. The average Bonchev–Trinajstić information content (AvgIpc) is 3.32. The van der Waals surface area contributed by atoms with E-state index in [0.29, 0.717) is 47.5 Å². The van der Waals surface area contributed by atoms with Gasteiger partial charge in [-0.3, -0.25) is 9.59 Å². The molecule has 33 heavy (non-hydrogen) atoms. The molecule has 6 nitrogen and oxygen atoms in total. The molecular formula is C27H31N3O3. The van der Waals surface area contributed by atoms with Crippen LogP contribution in [0.5, 0.6) is 0 Å². The Bertz CT molecular complexity index is 1130. The third-order valence-electron chi connectivity index (χ3n) is 7.25. The zero-order valence-electron chi connectivity index (χ0n) is 19.2. The van der Waals surface area contributed by atoms with Crippen LogP contribution in [-0.2, 0) is 4.79 Å². The first-order valence-corrected chi connectivity index (χ1v) is 12.1. The van der Waals surface area contributed by atoms with Crippen LogP contribution in [-0.4, -0.2) is 52.8 Å². The molecule has 2 aliphatic heterocycles. The molecule has 3 heterocycles. The van der Waals surface area contributed by atoms with Gasteiger partial charge in [-0.2, -0.15) is 0 Å². The van der Waals surface area contributed by atoms with E-state index in [-0.39, 0.29) is 11.8 Å². The molecule has 2 fully saturated rings. The molecule has 5 rings (SSSR count). The average molecular weight is 446 g/mol. The quantitative estimate of drug-likeness (QED) is 0.567. The molecule has 2 aliphatic rings. The van der Waals surface area contributed by atoms with E-state index < -0.39 is 0 Å². The highest BCUT2D eigenvalue weighted by Crippen LogP contribution is 2.29. The Labute approximate surface area is 194 Å². The molecule has 172 valence electrons. The second kappa shape index (κ2) is 9.38. The summed E-state index contributed by atoms with van der Waals surface area (Å²) in [5, 5.41) is 0. The number of likely N-dealkylation sites (tertiary alicyclic amines) is 2. The van der Waals surface area contributed by atoms with Crippen molar-refractivity contribution in [1.82, 2.24) is 14.8 Å². The lowest BCUT2D eigenvalue weighted by atomic mass is 9.84. The topological polar surface area (TPSA) is 66.7 Å². The highest BCUT2D eigenvalue weighted by molar-refractivity contribution is 5.97. The fraction of sp³-hybridized carbons (Fsp3) is 0.444. The molecule has 1 unspecified atom stereocenters. The van der Waals surface area contributed by atoms with Crippen molar-refractivity contribution >= 4 is 22.9 Å². The van der Waals surface area contributed by atoms with Gasteiger partial charge in [0.1, 0.15) is 5.52 Å². The first-order chi connectivity index (χ1) is 16.1. The van der Waals surface area contributed by atoms with Gasteiger partial charge in [0, 0.05) is 43.2 Å². The van der Waals surface area contributed by atoms with Gasteiger partial charge < -0.3 is 14.2 Å². The fourth-order valence-corrected chi connectivity index (χ4v) is 5.15. The lowest BCUT2D eigenvalue weighted by Gasteiger charge is -2.37. The zero-order chi connectivity index (χ0) is 22.8. The first kappa shape index (κ1) is 21.7. The van der Waals surface area contributed by atoms with Crippen LogP contribution in [0.4, 0.5) is 0 Å². The highest BCUT2D eigenvalue weighted by Gasteiger charge is 2.32. The van der Waals surface area contributed by atoms with Crippen LogP contribution in [0.15, 0.2) is 52.9 Å². The fourth-order valence-electron chi connectivity index (χ4n) is 5.15. The van der Waals surface area contributed by atoms with Gasteiger partial charge in [0.15, 0.2) is 5.58 Å². The largest absolute Gasteiger partial charge is 0.436 e. The summed E-state index contributed by atoms with van der Waals surface area (Å²) in [5.74, 6) is 1.25. The van der Waals surface area contributed by atoms with E-state index in [1.807, 2.05) is 58.3 Å². The Morgan fingerprint density at radius 1 is 0.939 bits per heavy atom. The van der Waals surface area contributed by atoms with Crippen LogP contribution >= 0.6 is 0 Å². The standard InChI is InChI=1S/C27H31N3O3/c1-19(26(31)29-14-6-3-7-15-29)20-12-16-30(17-13-20)27(32)22-10-11-24-23(18-22)28-25(33-24)21-8-4-2-5-9-21/h2,4-5,8-11,18-20H,3,6-7,12-17H2,1H3. The normalized spacial score (nSPS) is 18.5. The summed E-state index contributed by atoms with van der Waals surface area (Å²) in [6, 6.07) is 15.2. The van der Waals surface area contributed by atoms with E-state index in [1.54, 1.807) is 0 Å². The van der Waals surface area contributed by atoms with Crippen molar-refractivity contribution in [3.05, 3.63) is 54.1 Å². The van der Waals surface area contributed by atoms with Gasteiger partial charge in [0.05, 0.1) is 0 Å². The van der Waals surface area contributed by atoms with Crippen molar-refractivity contribution in [2.75, 3.05) is 26.2 Å². The van der Waals surface area contributed by atoms with Gasteiger partial charge in [-0.1, -0.05) is 25.1 Å². The minimum atomic E-state index is 0.0228. The van der Waals surface area contributed by atoms with Crippen LogP contribution in [0.1, 0.15) is 49.4 Å². The minimum Gasteiger partial charge on any atom is -0.436 e. The first-order valence-electron chi connectivity index (χ1n) is 12.1. The third kappa shape index (κ3) is 4.52. The summed E-state index contributed by atoms with van der Waals surface area (Å²) >= 11 is 0. The predicted molar refractivity (Wildman–Crippen MR) is 128 cm³/mol. The molecule has 0 saturated carbocycles. The maximum absolute atomic E-state index is 13.2. The molecule has 3 aromatic rings. The number of rotatable bonds is 4. The van der Waals surface area contributed by atoms with Crippen LogP contribution in [0.3, 0.4) is 0 Å². The molecule has 0 radical (unpaired) electrons. The molecule has 2 aromatic carbocycles. The van der Waals surface area contributed by atoms with Gasteiger partial charge in [0.2, 0.25) is 11.8 Å². The van der Waals surface area contributed by atoms with Gasteiger partial charge in [-0.15, -0.1) is 0 Å². The molecule has 2 amide bonds. The second-order valence-electron chi connectivity index (χ2n) is 9.37. The van der Waals surface area contributed by atoms with Crippen molar-refractivity contribution < 1.29 is 14.0 Å². The Morgan fingerprint density at radius 2 is 1.67 bits per heavy atom. The van der Waals surface area contributed by atoms with Crippen molar-refractivity contribution in [2.24, 2.45) is 11.8 Å². The van der Waals surface area contributed by atoms with Gasteiger partial charge in [-0.25, -0.2) is 4.98 Å². The lowest BCUT2D eigenvalue weighted by Crippen LogP contribution is -2.45. The minimum absolute atomic E-state index is 0.0228. The van der Waals surface area contributed by atoms with Crippen molar-refractivity contribution in [3.63, 3.8) is 0 Å². The van der Waals surface area contributed by atoms with E-state index in [1.165, 1.54) is 6.42 Å². The van der Waals surface area contributed by atoms with Gasteiger partial charge in [-0.05, 0) is 68.4 Å². The number of oxazole rings is 1. The summed E-state index contributed by atoms with van der Waals surface area (Å²) in [5.41, 5.74) is 2.91. The number of amides is 2. The molecule has 6 heteroatoms. The number of carbonyl (C=O) groups is 2.